The minimum atomic E-state index is -2.23. The fourth-order valence-corrected chi connectivity index (χ4v) is 2.34. The molecule has 1 saturated carbocycles. The molecule has 1 aromatic rings. The van der Waals surface area contributed by atoms with Crippen LogP contribution in [0.1, 0.15) is 38.1 Å². The lowest BCUT2D eigenvalue weighted by atomic mass is 9.71. The average molecular weight is 269 g/mol. The normalized spacial score (nSPS) is 39.4. The van der Waals surface area contributed by atoms with Crippen LogP contribution < -0.4 is 4.74 Å². The predicted molar refractivity (Wildman–Crippen MR) is 77.4 cm³/mol. The monoisotopic (exact) mass is 269 g/mol. The summed E-state index contributed by atoms with van der Waals surface area (Å²) in [5.74, 6) is -1.61. The molecule has 3 nitrogen and oxygen atoms in total. The maximum absolute atomic E-state index is 9.04. The lowest BCUT2D eigenvalue weighted by Crippen LogP contribution is -2.43. The molecule has 1 N–H and O–H groups in total. The fraction of sp³-hybridized carbons (Fsp3) is 0.625. The van der Waals surface area contributed by atoms with E-state index in [1.807, 2.05) is 0 Å². The summed E-state index contributed by atoms with van der Waals surface area (Å²) in [7, 11) is 4.47. The molecule has 1 aromatic carbocycles. The van der Waals surface area contributed by atoms with Gasteiger partial charge in [-0.25, -0.2) is 0 Å². The van der Waals surface area contributed by atoms with Crippen LogP contribution in [0.25, 0.3) is 0 Å². The quantitative estimate of drug-likeness (QED) is 0.892. The van der Waals surface area contributed by atoms with Crippen LogP contribution in [0.2, 0.25) is 0 Å². The average Bonchev–Trinajstić information content (AvgIpc) is 2.54. The van der Waals surface area contributed by atoms with E-state index in [1.54, 1.807) is 18.2 Å². The first-order chi connectivity index (χ1) is 11.5. The molecule has 3 heteroatoms. The van der Waals surface area contributed by atoms with Gasteiger partial charge in [0, 0.05) is 19.2 Å². The zero-order chi connectivity index (χ0) is 19.1. The van der Waals surface area contributed by atoms with Crippen LogP contribution in [0.4, 0.5) is 0 Å². The number of ether oxygens (including phenoxy) is 1. The SMILES string of the molecule is [2H]O[C@@]1(c2cccc(OC)c2)C([2H])([2H])CCC[C@@]1([2H])C([2H])([2H])N(C)C. The second-order valence-corrected chi connectivity index (χ2v) is 4.93. The Hall–Kier alpha value is -1.06. The largest absolute Gasteiger partial charge is 0.497 e. The summed E-state index contributed by atoms with van der Waals surface area (Å²) in [4.78, 5) is 1.25. The summed E-state index contributed by atoms with van der Waals surface area (Å²) in [5, 5.41) is 5.00. The maximum Gasteiger partial charge on any atom is 0.211 e. The summed E-state index contributed by atoms with van der Waals surface area (Å²) in [5.41, 5.74) is -1.88. The number of aliphatic hydroxyl groups is 1. The lowest BCUT2D eigenvalue weighted by molar-refractivity contribution is -0.0619. The number of nitrogens with zero attached hydrogens (tertiary/aromatic N) is 1. The molecule has 0 aromatic heterocycles. The van der Waals surface area contributed by atoms with Crippen molar-refractivity contribution in [3.8, 4) is 5.75 Å². The number of methoxy groups -OCH3 is 1. The Morgan fingerprint density at radius 2 is 2.47 bits per heavy atom. The Kier molecular flexibility index (Phi) is 2.58. The van der Waals surface area contributed by atoms with Gasteiger partial charge in [-0.15, -0.1) is 0 Å². The highest BCUT2D eigenvalue weighted by atomic mass is 16.5. The van der Waals surface area contributed by atoms with Crippen molar-refractivity contribution in [3.05, 3.63) is 29.8 Å². The Balaban J connectivity index is 2.81. The van der Waals surface area contributed by atoms with E-state index in [0.29, 0.717) is 12.2 Å². The van der Waals surface area contributed by atoms with Crippen molar-refractivity contribution in [2.24, 2.45) is 5.89 Å². The van der Waals surface area contributed by atoms with Crippen molar-refractivity contribution in [1.29, 1.82) is 1.43 Å². The molecule has 1 aliphatic rings. The van der Waals surface area contributed by atoms with Crippen LogP contribution in [0, 0.1) is 5.89 Å². The van der Waals surface area contributed by atoms with E-state index in [1.165, 1.54) is 32.2 Å². The zero-order valence-corrected chi connectivity index (χ0v) is 11.7. The third kappa shape index (κ3) is 3.10. The lowest BCUT2D eigenvalue weighted by Gasteiger charge is -2.41. The predicted octanol–water partition coefficient (Wildman–Crippen LogP) is 2.63. The Bertz CT molecular complexity index is 626. The van der Waals surface area contributed by atoms with Gasteiger partial charge in [-0.1, -0.05) is 25.0 Å². The topological polar surface area (TPSA) is 32.7 Å². The van der Waals surface area contributed by atoms with Crippen molar-refractivity contribution in [2.45, 2.75) is 31.2 Å². The molecule has 0 amide bonds. The maximum atomic E-state index is 9.04. The van der Waals surface area contributed by atoms with Gasteiger partial charge in [0.1, 0.15) is 5.75 Å². The second kappa shape index (κ2) is 5.93. The molecule has 0 spiro atoms. The van der Waals surface area contributed by atoms with E-state index in [2.05, 4.69) is 0 Å². The van der Waals surface area contributed by atoms with Crippen molar-refractivity contribution < 1.29 is 16.7 Å². The Morgan fingerprint density at radius 3 is 3.16 bits per heavy atom. The molecule has 0 saturated heterocycles. The highest BCUT2D eigenvalue weighted by Crippen LogP contribution is 2.42. The van der Waals surface area contributed by atoms with Gasteiger partial charge in [0.2, 0.25) is 1.43 Å². The molecule has 0 aliphatic heterocycles. The molecule has 2 atom stereocenters. The summed E-state index contributed by atoms with van der Waals surface area (Å²) in [6, 6.07) is 6.39. The van der Waals surface area contributed by atoms with Crippen LogP contribution in [0.5, 0.6) is 5.75 Å². The van der Waals surface area contributed by atoms with E-state index in [9.17, 15) is 0 Å². The van der Waals surface area contributed by atoms with Crippen LogP contribution >= 0.6 is 0 Å². The van der Waals surface area contributed by atoms with Crippen molar-refractivity contribution in [3.63, 3.8) is 0 Å². The number of hydrogen-bond acceptors (Lipinski definition) is 3. The Morgan fingerprint density at radius 1 is 1.63 bits per heavy atom. The fourth-order valence-electron chi connectivity index (χ4n) is 2.34. The number of benzene rings is 1. The van der Waals surface area contributed by atoms with Gasteiger partial charge in [0.15, 0.2) is 0 Å². The molecule has 19 heavy (non-hydrogen) atoms. The minimum absolute atomic E-state index is 0.0633. The second-order valence-electron chi connectivity index (χ2n) is 4.93. The van der Waals surface area contributed by atoms with Gasteiger partial charge in [-0.2, -0.15) is 0 Å². The van der Waals surface area contributed by atoms with Crippen LogP contribution in [-0.2, 0) is 5.60 Å². The highest BCUT2D eigenvalue weighted by molar-refractivity contribution is 5.33. The van der Waals surface area contributed by atoms with E-state index in [-0.39, 0.29) is 18.4 Å². The van der Waals surface area contributed by atoms with Crippen LogP contribution in [0.3, 0.4) is 0 Å². The molecule has 1 aliphatic carbocycles. The van der Waals surface area contributed by atoms with Gasteiger partial charge in [0.05, 0.1) is 12.7 Å². The first-order valence-corrected chi connectivity index (χ1v) is 6.46. The van der Waals surface area contributed by atoms with Gasteiger partial charge in [-0.3, -0.25) is 0 Å². The molecule has 0 radical (unpaired) electrons. The van der Waals surface area contributed by atoms with Crippen molar-refractivity contribution in [2.75, 3.05) is 27.7 Å². The third-order valence-corrected chi connectivity index (χ3v) is 3.24. The van der Waals surface area contributed by atoms with Gasteiger partial charge in [-0.05, 0) is 44.6 Å². The third-order valence-electron chi connectivity index (χ3n) is 3.24. The molecular formula is C16H25NO2. The molecule has 0 unspecified atom stereocenters. The van der Waals surface area contributed by atoms with Gasteiger partial charge in [0.25, 0.3) is 0 Å². The molecule has 0 bridgehead atoms. The molecule has 106 valence electrons. The molecular weight excluding hydrogens is 238 g/mol. The van der Waals surface area contributed by atoms with Crippen molar-refractivity contribution >= 4 is 0 Å². The number of rotatable bonds is 5. The summed E-state index contributed by atoms with van der Waals surface area (Å²) < 4.78 is 56.1. The molecule has 0 heterocycles. The highest BCUT2D eigenvalue weighted by Gasteiger charge is 2.40. The molecule has 1 fully saturated rings. The summed E-state index contributed by atoms with van der Waals surface area (Å²) in [6.45, 7) is -2.23. The van der Waals surface area contributed by atoms with Crippen molar-refractivity contribution in [1.82, 2.24) is 4.90 Å². The first-order valence-electron chi connectivity index (χ1n) is 9.37. The first kappa shape index (κ1) is 8.28. The summed E-state index contributed by atoms with van der Waals surface area (Å²) >= 11 is 0. The van der Waals surface area contributed by atoms with Gasteiger partial charge < -0.3 is 14.7 Å². The van der Waals surface area contributed by atoms with E-state index < -0.39 is 24.4 Å². The van der Waals surface area contributed by atoms with Crippen LogP contribution in [-0.4, -0.2) is 39.1 Å². The smallest absolute Gasteiger partial charge is 0.211 e. The van der Waals surface area contributed by atoms with Crippen LogP contribution in [0.15, 0.2) is 24.3 Å². The standard InChI is InChI=1S/C16H25NO2/c1-17(2)12-14-7-4-5-10-16(14,18)13-8-6-9-15(11-13)19-3/h6,8-9,11,14,18H,4-5,7,10,12H2,1-3H3/t14-,16+/m0/s1/i10D2,12D2,14D,18D. The number of hydrogen-bond donors (Lipinski definition) is 1. The van der Waals surface area contributed by atoms with E-state index in [4.69, 9.17) is 18.1 Å². The van der Waals surface area contributed by atoms with E-state index in [0.717, 1.165) is 0 Å². The Labute approximate surface area is 124 Å². The summed E-state index contributed by atoms with van der Waals surface area (Å²) in [6.07, 6.45) is -1.63. The van der Waals surface area contributed by atoms with Gasteiger partial charge >= 0.3 is 0 Å². The minimum Gasteiger partial charge on any atom is -0.497 e. The van der Waals surface area contributed by atoms with E-state index >= 15 is 0 Å². The molecule has 2 rings (SSSR count). The zero-order valence-electron chi connectivity index (χ0n) is 17.7.